The van der Waals surface area contributed by atoms with Crippen molar-refractivity contribution < 1.29 is 13.7 Å². The minimum absolute atomic E-state index is 0.206. The second-order valence-corrected chi connectivity index (χ2v) is 2.85. The zero-order chi connectivity index (χ0) is 11.6. The number of nitro groups is 1. The third-order valence-electron chi connectivity index (χ3n) is 1.73. The van der Waals surface area contributed by atoms with Crippen LogP contribution in [0.25, 0.3) is 0 Å². The zero-order valence-electron chi connectivity index (χ0n) is 7.17. The molecule has 0 aliphatic carbocycles. The third kappa shape index (κ3) is 2.12. The lowest BCUT2D eigenvalue weighted by molar-refractivity contribution is -0.386. The van der Waals surface area contributed by atoms with E-state index in [1.54, 1.807) is 0 Å². The van der Waals surface area contributed by atoms with Gasteiger partial charge in [-0.1, -0.05) is 0 Å². The van der Waals surface area contributed by atoms with Gasteiger partial charge in [0.05, 0.1) is 22.6 Å². The molecule has 82 valence electrons. The molecule has 0 unspecified atom stereocenters. The summed E-state index contributed by atoms with van der Waals surface area (Å²) in [6.07, 6.45) is -2.34. The van der Waals surface area contributed by atoms with Crippen molar-refractivity contribution in [2.75, 3.05) is 0 Å². The molecule has 0 amide bonds. The molecule has 0 saturated carbocycles. The quantitative estimate of drug-likeness (QED) is 0.497. The van der Waals surface area contributed by atoms with Crippen LogP contribution in [-0.4, -0.2) is 9.91 Å². The van der Waals surface area contributed by atoms with Crippen LogP contribution < -0.4 is 5.43 Å². The van der Waals surface area contributed by atoms with Crippen molar-refractivity contribution in [3.8, 4) is 0 Å². The SMILES string of the molecule is O=c1c([N+](=O)[O-])c[nH]c(CCl)c1C(F)F. The summed E-state index contributed by atoms with van der Waals surface area (Å²) in [4.78, 5) is 22.7. The average molecular weight is 239 g/mol. The van der Waals surface area contributed by atoms with Crippen molar-refractivity contribution in [1.82, 2.24) is 4.98 Å². The number of nitrogens with one attached hydrogen (secondary N) is 1. The Hall–Kier alpha value is -1.50. The van der Waals surface area contributed by atoms with Crippen LogP contribution in [0.5, 0.6) is 0 Å². The van der Waals surface area contributed by atoms with Gasteiger partial charge in [-0.25, -0.2) is 8.78 Å². The van der Waals surface area contributed by atoms with Gasteiger partial charge in [-0.05, 0) is 0 Å². The summed E-state index contributed by atoms with van der Waals surface area (Å²) >= 11 is 5.31. The lowest BCUT2D eigenvalue weighted by atomic mass is 10.2. The number of H-pyrrole nitrogens is 1. The molecule has 1 N–H and O–H groups in total. The summed E-state index contributed by atoms with van der Waals surface area (Å²) in [5, 5.41) is 10.3. The molecule has 0 aromatic carbocycles. The Kier molecular flexibility index (Phi) is 3.35. The van der Waals surface area contributed by atoms with Crippen LogP contribution in [0, 0.1) is 10.1 Å². The largest absolute Gasteiger partial charge is 0.358 e. The minimum atomic E-state index is -3.10. The summed E-state index contributed by atoms with van der Waals surface area (Å²) in [6.45, 7) is 0. The van der Waals surface area contributed by atoms with Crippen LogP contribution in [0.4, 0.5) is 14.5 Å². The van der Waals surface area contributed by atoms with Gasteiger partial charge < -0.3 is 4.98 Å². The monoisotopic (exact) mass is 238 g/mol. The van der Waals surface area contributed by atoms with E-state index in [9.17, 15) is 23.7 Å². The van der Waals surface area contributed by atoms with Crippen LogP contribution in [0.3, 0.4) is 0 Å². The first-order chi connectivity index (χ1) is 6.99. The lowest BCUT2D eigenvalue weighted by Crippen LogP contribution is -2.17. The highest BCUT2D eigenvalue weighted by Gasteiger charge is 2.24. The molecular weight excluding hydrogens is 234 g/mol. The van der Waals surface area contributed by atoms with E-state index in [4.69, 9.17) is 11.6 Å². The van der Waals surface area contributed by atoms with Crippen LogP contribution in [0.2, 0.25) is 0 Å². The maximum absolute atomic E-state index is 12.4. The Bertz CT molecular complexity index is 446. The Morgan fingerprint density at radius 1 is 1.60 bits per heavy atom. The second kappa shape index (κ2) is 4.35. The maximum Gasteiger partial charge on any atom is 0.332 e. The van der Waals surface area contributed by atoms with Gasteiger partial charge in [0.15, 0.2) is 0 Å². The zero-order valence-corrected chi connectivity index (χ0v) is 7.92. The predicted octanol–water partition coefficient (Wildman–Crippen LogP) is 1.96. The fourth-order valence-corrected chi connectivity index (χ4v) is 1.27. The van der Waals surface area contributed by atoms with Gasteiger partial charge in [0, 0.05) is 5.69 Å². The summed E-state index contributed by atoms with van der Waals surface area (Å²) < 4.78 is 24.8. The molecule has 1 heterocycles. The molecule has 1 rings (SSSR count). The van der Waals surface area contributed by atoms with Crippen molar-refractivity contribution >= 4 is 17.3 Å². The van der Waals surface area contributed by atoms with E-state index in [1.165, 1.54) is 0 Å². The van der Waals surface area contributed by atoms with Gasteiger partial charge in [0.1, 0.15) is 0 Å². The summed E-state index contributed by atoms with van der Waals surface area (Å²) in [7, 11) is 0. The lowest BCUT2D eigenvalue weighted by Gasteiger charge is -2.04. The highest BCUT2D eigenvalue weighted by molar-refractivity contribution is 6.17. The number of nitrogens with zero attached hydrogens (tertiary/aromatic N) is 1. The number of halogens is 3. The molecule has 1 aromatic rings. The molecule has 0 atom stereocenters. The van der Waals surface area contributed by atoms with Crippen molar-refractivity contribution in [3.05, 3.63) is 37.8 Å². The summed E-state index contributed by atoms with van der Waals surface area (Å²) in [6, 6.07) is 0. The number of pyridine rings is 1. The number of alkyl halides is 3. The number of rotatable bonds is 3. The smallest absolute Gasteiger partial charge is 0.332 e. The van der Waals surface area contributed by atoms with Gasteiger partial charge in [0.25, 0.3) is 11.9 Å². The van der Waals surface area contributed by atoms with Crippen LogP contribution in [0.1, 0.15) is 17.7 Å². The molecule has 0 bridgehead atoms. The van der Waals surface area contributed by atoms with Crippen molar-refractivity contribution in [2.45, 2.75) is 12.3 Å². The van der Waals surface area contributed by atoms with Crippen LogP contribution >= 0.6 is 11.6 Å². The fourth-order valence-electron chi connectivity index (χ4n) is 1.05. The molecule has 0 fully saturated rings. The van der Waals surface area contributed by atoms with Crippen molar-refractivity contribution in [1.29, 1.82) is 0 Å². The molecule has 0 aliphatic heterocycles. The fraction of sp³-hybridized carbons (Fsp3) is 0.286. The predicted molar refractivity (Wildman–Crippen MR) is 48.2 cm³/mol. The summed E-state index contributed by atoms with van der Waals surface area (Å²) in [5.74, 6) is -0.340. The molecular formula is C7H5ClF2N2O3. The standard InChI is InChI=1S/C7H5ClF2N2O3/c8-1-3-5(7(9)10)6(13)4(2-11-3)12(14)15/h2,7H,1H2,(H,11,13). The van der Waals surface area contributed by atoms with Crippen molar-refractivity contribution in [3.63, 3.8) is 0 Å². The molecule has 5 nitrogen and oxygen atoms in total. The second-order valence-electron chi connectivity index (χ2n) is 2.59. The topological polar surface area (TPSA) is 76.0 Å². The Morgan fingerprint density at radius 3 is 2.60 bits per heavy atom. The Balaban J connectivity index is 3.50. The van der Waals surface area contributed by atoms with Gasteiger partial charge in [-0.15, -0.1) is 11.6 Å². The van der Waals surface area contributed by atoms with Crippen molar-refractivity contribution in [2.24, 2.45) is 0 Å². The minimum Gasteiger partial charge on any atom is -0.358 e. The molecule has 0 spiro atoms. The summed E-state index contributed by atoms with van der Waals surface area (Å²) in [5.41, 5.74) is -3.37. The first-order valence-electron chi connectivity index (χ1n) is 3.72. The molecule has 0 aliphatic rings. The van der Waals surface area contributed by atoms with E-state index in [2.05, 4.69) is 4.98 Å². The van der Waals surface area contributed by atoms with Crippen LogP contribution in [0.15, 0.2) is 11.0 Å². The maximum atomic E-state index is 12.4. The molecule has 0 saturated heterocycles. The number of hydrogen-bond donors (Lipinski definition) is 1. The highest BCUT2D eigenvalue weighted by Crippen LogP contribution is 2.21. The van der Waals surface area contributed by atoms with Crippen LogP contribution in [-0.2, 0) is 5.88 Å². The normalized spacial score (nSPS) is 10.7. The number of hydrogen-bond acceptors (Lipinski definition) is 3. The van der Waals surface area contributed by atoms with Gasteiger partial charge >= 0.3 is 5.69 Å². The van der Waals surface area contributed by atoms with E-state index in [0.717, 1.165) is 6.20 Å². The van der Waals surface area contributed by atoms with E-state index >= 15 is 0 Å². The number of aromatic amines is 1. The molecule has 8 heteroatoms. The molecule has 1 aromatic heterocycles. The first-order valence-corrected chi connectivity index (χ1v) is 4.25. The first kappa shape index (κ1) is 11.6. The third-order valence-corrected chi connectivity index (χ3v) is 2.00. The van der Waals surface area contributed by atoms with Gasteiger partial charge in [0.2, 0.25) is 0 Å². The van der Waals surface area contributed by atoms with Gasteiger partial charge in [-0.3, -0.25) is 14.9 Å². The van der Waals surface area contributed by atoms with Gasteiger partial charge in [-0.2, -0.15) is 0 Å². The highest BCUT2D eigenvalue weighted by atomic mass is 35.5. The van der Waals surface area contributed by atoms with E-state index in [0.29, 0.717) is 0 Å². The van der Waals surface area contributed by atoms with E-state index in [-0.39, 0.29) is 11.6 Å². The van der Waals surface area contributed by atoms with E-state index < -0.39 is 28.0 Å². The molecule has 0 radical (unpaired) electrons. The van der Waals surface area contributed by atoms with E-state index in [1.807, 2.05) is 0 Å². The Morgan fingerprint density at radius 2 is 2.20 bits per heavy atom. The number of aromatic nitrogens is 1. The molecule has 15 heavy (non-hydrogen) atoms. The average Bonchev–Trinajstić information content (AvgIpc) is 2.15. The Labute approximate surface area is 86.8 Å².